The number of hydrogen-bond donors (Lipinski definition) is 1. The number of para-hydroxylation sites is 1. The van der Waals surface area contributed by atoms with Gasteiger partial charge in [-0.3, -0.25) is 14.5 Å². The lowest BCUT2D eigenvalue weighted by atomic mass is 9.98. The van der Waals surface area contributed by atoms with E-state index in [1.165, 1.54) is 16.2 Å². The minimum Gasteiger partial charge on any atom is -0.466 e. The van der Waals surface area contributed by atoms with Crippen LogP contribution < -0.4 is 9.80 Å². The second-order valence-corrected chi connectivity index (χ2v) is 7.62. The van der Waals surface area contributed by atoms with E-state index in [1.54, 1.807) is 11.8 Å². The molecule has 1 aliphatic rings. The molecule has 144 valence electrons. The van der Waals surface area contributed by atoms with Gasteiger partial charge in [0.2, 0.25) is 5.91 Å². The van der Waals surface area contributed by atoms with Crippen molar-refractivity contribution in [2.75, 3.05) is 24.6 Å². The Balaban J connectivity index is 1.68. The van der Waals surface area contributed by atoms with Crippen LogP contribution in [-0.4, -0.2) is 36.6 Å². The fourth-order valence-corrected chi connectivity index (χ4v) is 4.40. The van der Waals surface area contributed by atoms with E-state index in [4.69, 9.17) is 9.72 Å². The number of benzene rings is 1. The first-order valence-corrected chi connectivity index (χ1v) is 10.3. The van der Waals surface area contributed by atoms with Crippen LogP contribution in [0.5, 0.6) is 0 Å². The van der Waals surface area contributed by atoms with Crippen LogP contribution in [0.2, 0.25) is 0 Å². The maximum absolute atomic E-state index is 12.2. The van der Waals surface area contributed by atoms with Gasteiger partial charge in [0.05, 0.1) is 25.4 Å². The van der Waals surface area contributed by atoms with Gasteiger partial charge in [0.25, 0.3) is 0 Å². The highest BCUT2D eigenvalue weighted by Crippen LogP contribution is 2.28. The largest absolute Gasteiger partial charge is 0.466 e. The van der Waals surface area contributed by atoms with Crippen LogP contribution in [0.1, 0.15) is 32.4 Å². The van der Waals surface area contributed by atoms with Crippen LogP contribution in [0.4, 0.5) is 10.8 Å². The second kappa shape index (κ2) is 9.10. The summed E-state index contributed by atoms with van der Waals surface area (Å²) in [6, 6.07) is 9.56. The molecule has 0 aliphatic carbocycles. The average Bonchev–Trinajstić information content (AvgIpc) is 3.10. The molecule has 1 amide bonds. The van der Waals surface area contributed by atoms with Crippen molar-refractivity contribution in [3.8, 4) is 0 Å². The predicted octanol–water partition coefficient (Wildman–Crippen LogP) is 2.19. The number of anilines is 2. The number of quaternary nitrogens is 1. The summed E-state index contributed by atoms with van der Waals surface area (Å²) < 4.78 is 5.18. The normalized spacial score (nSPS) is 19.5. The summed E-state index contributed by atoms with van der Waals surface area (Å²) in [7, 11) is 0. The molecule has 27 heavy (non-hydrogen) atoms. The standard InChI is InChI=1S/C20H25N3O3S/c1-3-26-19(25)16-8-7-11-22(12-16)13-17-14-27-20(21-17)23(15(2)24)18-9-5-4-6-10-18/h4-6,9-10,14,16H,3,7-8,11-13H2,1-2H3/p+1/t16-/m0/s1. The van der Waals surface area contributed by atoms with Crippen molar-refractivity contribution in [2.24, 2.45) is 5.92 Å². The van der Waals surface area contributed by atoms with E-state index in [-0.39, 0.29) is 17.8 Å². The topological polar surface area (TPSA) is 63.9 Å². The van der Waals surface area contributed by atoms with Gasteiger partial charge in [-0.05, 0) is 31.9 Å². The van der Waals surface area contributed by atoms with Crippen molar-refractivity contribution >= 4 is 34.0 Å². The van der Waals surface area contributed by atoms with Gasteiger partial charge in [-0.2, -0.15) is 0 Å². The Morgan fingerprint density at radius 3 is 2.81 bits per heavy atom. The monoisotopic (exact) mass is 388 g/mol. The Hall–Kier alpha value is -2.25. The highest BCUT2D eigenvalue weighted by atomic mass is 32.1. The van der Waals surface area contributed by atoms with Gasteiger partial charge in [-0.15, -0.1) is 11.3 Å². The van der Waals surface area contributed by atoms with Crippen molar-refractivity contribution in [2.45, 2.75) is 33.2 Å². The average molecular weight is 389 g/mol. The third-order valence-electron chi connectivity index (χ3n) is 4.73. The van der Waals surface area contributed by atoms with E-state index in [9.17, 15) is 9.59 Å². The molecule has 1 unspecified atom stereocenters. The second-order valence-electron chi connectivity index (χ2n) is 6.78. The minimum absolute atomic E-state index is 0.0233. The molecule has 0 saturated carbocycles. The molecule has 2 atom stereocenters. The summed E-state index contributed by atoms with van der Waals surface area (Å²) in [6.07, 6.45) is 1.91. The molecule has 3 rings (SSSR count). The number of amides is 1. The maximum atomic E-state index is 12.2. The SMILES string of the molecule is CCOC(=O)[C@H]1CCC[NH+](Cc2csc(N(C(C)=O)c3ccccc3)n2)C1. The van der Waals surface area contributed by atoms with E-state index in [2.05, 4.69) is 0 Å². The van der Waals surface area contributed by atoms with Crippen LogP contribution >= 0.6 is 11.3 Å². The van der Waals surface area contributed by atoms with E-state index >= 15 is 0 Å². The lowest BCUT2D eigenvalue weighted by molar-refractivity contribution is -0.921. The highest BCUT2D eigenvalue weighted by Gasteiger charge is 2.30. The summed E-state index contributed by atoms with van der Waals surface area (Å²) in [5.74, 6) is -0.167. The third kappa shape index (κ3) is 4.93. The fourth-order valence-electron chi connectivity index (χ4n) is 3.51. The molecule has 7 heteroatoms. The van der Waals surface area contributed by atoms with E-state index in [0.717, 1.165) is 43.9 Å². The first-order chi connectivity index (χ1) is 13.1. The zero-order valence-corrected chi connectivity index (χ0v) is 16.6. The number of aromatic nitrogens is 1. The molecule has 0 bridgehead atoms. The number of carbonyl (C=O) groups excluding carboxylic acids is 2. The fraction of sp³-hybridized carbons (Fsp3) is 0.450. The summed E-state index contributed by atoms with van der Waals surface area (Å²) >= 11 is 1.47. The summed E-state index contributed by atoms with van der Waals surface area (Å²) in [4.78, 5) is 31.9. The molecule has 1 saturated heterocycles. The number of rotatable bonds is 6. The first-order valence-electron chi connectivity index (χ1n) is 9.38. The Kier molecular flexibility index (Phi) is 6.58. The van der Waals surface area contributed by atoms with E-state index in [1.807, 2.05) is 42.6 Å². The third-order valence-corrected chi connectivity index (χ3v) is 5.60. The number of carbonyl (C=O) groups is 2. The van der Waals surface area contributed by atoms with Crippen molar-refractivity contribution in [3.63, 3.8) is 0 Å². The smallest absolute Gasteiger partial charge is 0.314 e. The molecular weight excluding hydrogens is 362 g/mol. The Morgan fingerprint density at radius 2 is 2.11 bits per heavy atom. The van der Waals surface area contributed by atoms with Gasteiger partial charge < -0.3 is 9.64 Å². The molecular formula is C20H26N3O3S+. The number of piperidine rings is 1. The minimum atomic E-state index is -0.0829. The quantitative estimate of drug-likeness (QED) is 0.771. The maximum Gasteiger partial charge on any atom is 0.314 e. The van der Waals surface area contributed by atoms with Crippen LogP contribution in [0.25, 0.3) is 0 Å². The molecule has 1 fully saturated rings. The lowest BCUT2D eigenvalue weighted by Gasteiger charge is -2.28. The van der Waals surface area contributed by atoms with E-state index < -0.39 is 0 Å². The van der Waals surface area contributed by atoms with E-state index in [0.29, 0.717) is 11.7 Å². The zero-order valence-electron chi connectivity index (χ0n) is 15.8. The molecule has 1 aromatic heterocycles. The Bertz CT molecular complexity index is 778. The first kappa shape index (κ1) is 19.5. The van der Waals surface area contributed by atoms with Gasteiger partial charge >= 0.3 is 5.97 Å². The molecule has 0 spiro atoms. The molecule has 1 aliphatic heterocycles. The molecule has 2 heterocycles. The van der Waals surface area contributed by atoms with Crippen LogP contribution in [0, 0.1) is 5.92 Å². The number of nitrogens with zero attached hydrogens (tertiary/aromatic N) is 2. The molecule has 6 nitrogen and oxygen atoms in total. The number of nitrogens with one attached hydrogen (secondary N) is 1. The highest BCUT2D eigenvalue weighted by molar-refractivity contribution is 7.14. The Labute approximate surface area is 163 Å². The van der Waals surface area contributed by atoms with Gasteiger partial charge in [0, 0.05) is 12.3 Å². The van der Waals surface area contributed by atoms with Gasteiger partial charge in [0.15, 0.2) is 5.13 Å². The number of likely N-dealkylation sites (tertiary alicyclic amines) is 1. The number of hydrogen-bond acceptors (Lipinski definition) is 5. The van der Waals surface area contributed by atoms with Gasteiger partial charge in [0.1, 0.15) is 18.2 Å². The molecule has 0 radical (unpaired) electrons. The summed E-state index contributed by atoms with van der Waals surface area (Å²) in [5.41, 5.74) is 1.77. The van der Waals surface area contributed by atoms with Crippen molar-refractivity contribution in [3.05, 3.63) is 41.4 Å². The van der Waals surface area contributed by atoms with Crippen molar-refractivity contribution < 1.29 is 19.2 Å². The van der Waals surface area contributed by atoms with Crippen LogP contribution in [0.3, 0.4) is 0 Å². The van der Waals surface area contributed by atoms with Crippen LogP contribution in [-0.2, 0) is 20.9 Å². The Morgan fingerprint density at radius 1 is 1.33 bits per heavy atom. The molecule has 2 aromatic rings. The molecule has 1 aromatic carbocycles. The number of thiazole rings is 1. The van der Waals surface area contributed by atoms with Crippen LogP contribution in [0.15, 0.2) is 35.7 Å². The zero-order chi connectivity index (χ0) is 19.2. The van der Waals surface area contributed by atoms with Crippen molar-refractivity contribution in [1.82, 2.24) is 4.98 Å². The predicted molar refractivity (Wildman–Crippen MR) is 105 cm³/mol. The van der Waals surface area contributed by atoms with Crippen molar-refractivity contribution in [1.29, 1.82) is 0 Å². The van der Waals surface area contributed by atoms with Gasteiger partial charge in [-0.25, -0.2) is 4.98 Å². The van der Waals surface area contributed by atoms with Gasteiger partial charge in [-0.1, -0.05) is 18.2 Å². The number of ether oxygens (including phenoxy) is 1. The molecule has 1 N–H and O–H groups in total. The lowest BCUT2D eigenvalue weighted by Crippen LogP contribution is -3.12. The summed E-state index contributed by atoms with van der Waals surface area (Å²) in [5, 5.41) is 2.69. The number of esters is 1. The summed E-state index contributed by atoms with van der Waals surface area (Å²) in [6.45, 7) is 6.38.